The lowest BCUT2D eigenvalue weighted by molar-refractivity contribution is -0.137. The Labute approximate surface area is 188 Å². The van der Waals surface area contributed by atoms with Crippen LogP contribution in [0.1, 0.15) is 23.1 Å². The molecule has 32 heavy (non-hydrogen) atoms. The van der Waals surface area contributed by atoms with Crippen molar-refractivity contribution in [3.63, 3.8) is 0 Å². The number of rotatable bonds is 8. The monoisotopic (exact) mass is 482 g/mol. The molecule has 3 aromatic rings. The highest BCUT2D eigenvalue weighted by atomic mass is 35.5. The first kappa shape index (κ1) is 23.7. The smallest absolute Gasteiger partial charge is 0.299 e. The molecule has 0 amide bonds. The SMILES string of the molecule is O=C(CCc1cccnc1)Cc1ccc(NS(=O)(=O)c2cc(C(F)(F)F)ccc2Cl)cc1. The summed E-state index contributed by atoms with van der Waals surface area (Å²) in [5.74, 6) is 0.0120. The van der Waals surface area contributed by atoms with Gasteiger partial charge in [-0.15, -0.1) is 0 Å². The Morgan fingerprint density at radius 2 is 1.75 bits per heavy atom. The molecule has 0 unspecified atom stereocenters. The molecular formula is C22H18ClF3N2O3S. The van der Waals surface area contributed by atoms with Gasteiger partial charge in [-0.2, -0.15) is 13.2 Å². The van der Waals surface area contributed by atoms with Gasteiger partial charge in [-0.05, 0) is 53.9 Å². The fourth-order valence-electron chi connectivity index (χ4n) is 2.93. The number of benzene rings is 2. The Bertz CT molecular complexity index is 1200. The molecule has 0 fully saturated rings. The van der Waals surface area contributed by atoms with Crippen LogP contribution in [-0.2, 0) is 33.8 Å². The standard InChI is InChI=1S/C22H18ClF3N2O3S/c23-20-10-6-17(22(24,25)26)13-21(20)32(30,31)28-18-7-3-15(4-8-18)12-19(29)9-5-16-2-1-11-27-14-16/h1-4,6-8,10-11,13-14,28H,5,9,12H2. The molecule has 1 N–H and O–H groups in total. The van der Waals surface area contributed by atoms with E-state index < -0.39 is 26.7 Å². The third-order valence-electron chi connectivity index (χ3n) is 4.57. The molecule has 5 nitrogen and oxygen atoms in total. The van der Waals surface area contributed by atoms with E-state index in [4.69, 9.17) is 11.6 Å². The lowest BCUT2D eigenvalue weighted by atomic mass is 10.0. The summed E-state index contributed by atoms with van der Waals surface area (Å²) < 4.78 is 66.1. The first-order chi connectivity index (χ1) is 15.0. The molecule has 0 aliphatic heterocycles. The number of ketones is 1. The molecule has 2 aromatic carbocycles. The zero-order chi connectivity index (χ0) is 23.4. The number of pyridine rings is 1. The Kier molecular flexibility index (Phi) is 7.20. The molecule has 0 saturated carbocycles. The summed E-state index contributed by atoms with van der Waals surface area (Å²) in [7, 11) is -4.36. The average molecular weight is 483 g/mol. The highest BCUT2D eigenvalue weighted by molar-refractivity contribution is 7.92. The van der Waals surface area contributed by atoms with Crippen molar-refractivity contribution in [1.29, 1.82) is 0 Å². The van der Waals surface area contributed by atoms with Gasteiger partial charge in [0.05, 0.1) is 10.6 Å². The molecule has 0 bridgehead atoms. The normalized spacial score (nSPS) is 11.9. The average Bonchev–Trinajstić information content (AvgIpc) is 2.73. The number of anilines is 1. The second-order valence-electron chi connectivity index (χ2n) is 7.02. The van der Waals surface area contributed by atoms with Gasteiger partial charge in [0, 0.05) is 30.9 Å². The van der Waals surface area contributed by atoms with Crippen molar-refractivity contribution in [2.75, 3.05) is 4.72 Å². The van der Waals surface area contributed by atoms with Crippen molar-refractivity contribution in [2.45, 2.75) is 30.3 Å². The maximum Gasteiger partial charge on any atom is 0.416 e. The lowest BCUT2D eigenvalue weighted by Crippen LogP contribution is -2.15. The van der Waals surface area contributed by atoms with Crippen LogP contribution in [0.3, 0.4) is 0 Å². The van der Waals surface area contributed by atoms with Crippen LogP contribution in [0, 0.1) is 0 Å². The predicted octanol–water partition coefficient (Wildman–Crippen LogP) is 5.30. The number of nitrogens with zero attached hydrogens (tertiary/aromatic N) is 1. The van der Waals surface area contributed by atoms with Gasteiger partial charge in [0.2, 0.25) is 0 Å². The van der Waals surface area contributed by atoms with Crippen molar-refractivity contribution in [1.82, 2.24) is 4.98 Å². The second-order valence-corrected chi connectivity index (χ2v) is 9.08. The molecule has 0 spiro atoms. The van der Waals surface area contributed by atoms with E-state index in [1.807, 2.05) is 6.07 Å². The van der Waals surface area contributed by atoms with Gasteiger partial charge in [-0.25, -0.2) is 8.42 Å². The van der Waals surface area contributed by atoms with Crippen LogP contribution >= 0.6 is 11.6 Å². The summed E-state index contributed by atoms with van der Waals surface area (Å²) in [5, 5.41) is -0.332. The van der Waals surface area contributed by atoms with Gasteiger partial charge in [-0.3, -0.25) is 14.5 Å². The number of nitrogens with one attached hydrogen (secondary N) is 1. The summed E-state index contributed by atoms with van der Waals surface area (Å²) in [5.41, 5.74) is 0.646. The minimum atomic E-state index is -4.71. The van der Waals surface area contributed by atoms with Gasteiger partial charge in [0.15, 0.2) is 0 Å². The summed E-state index contributed by atoms with van der Waals surface area (Å²) in [4.78, 5) is 15.5. The van der Waals surface area contributed by atoms with Crippen molar-refractivity contribution in [3.05, 3.63) is 88.7 Å². The molecule has 3 rings (SSSR count). The molecule has 0 atom stereocenters. The molecule has 0 aliphatic rings. The molecule has 1 heterocycles. The van der Waals surface area contributed by atoms with Gasteiger partial charge >= 0.3 is 6.18 Å². The molecule has 1 aromatic heterocycles. The van der Waals surface area contributed by atoms with Crippen molar-refractivity contribution in [2.24, 2.45) is 0 Å². The first-order valence-corrected chi connectivity index (χ1v) is 11.3. The van der Waals surface area contributed by atoms with Crippen LogP contribution < -0.4 is 4.72 Å². The highest BCUT2D eigenvalue weighted by Gasteiger charge is 2.32. The number of alkyl halides is 3. The summed E-state index contributed by atoms with van der Waals surface area (Å²) >= 11 is 5.83. The van der Waals surface area contributed by atoms with Crippen molar-refractivity contribution >= 4 is 33.1 Å². The zero-order valence-electron chi connectivity index (χ0n) is 16.6. The number of carbonyl (C=O) groups excluding carboxylic acids is 1. The third-order valence-corrected chi connectivity index (χ3v) is 6.43. The molecule has 168 valence electrons. The summed E-state index contributed by atoms with van der Waals surface area (Å²) in [6, 6.07) is 11.8. The highest BCUT2D eigenvalue weighted by Crippen LogP contribution is 2.34. The number of sulfonamides is 1. The molecule has 0 saturated heterocycles. The van der Waals surface area contributed by atoms with E-state index in [1.165, 1.54) is 12.1 Å². The van der Waals surface area contributed by atoms with E-state index in [0.717, 1.165) is 11.6 Å². The van der Waals surface area contributed by atoms with Crippen LogP contribution in [0.2, 0.25) is 5.02 Å². The van der Waals surface area contributed by atoms with E-state index in [0.29, 0.717) is 30.5 Å². The van der Waals surface area contributed by atoms with Crippen LogP contribution in [0.25, 0.3) is 0 Å². The first-order valence-electron chi connectivity index (χ1n) is 9.44. The molecular weight excluding hydrogens is 465 g/mol. The van der Waals surface area contributed by atoms with Crippen LogP contribution in [0.4, 0.5) is 18.9 Å². The summed E-state index contributed by atoms with van der Waals surface area (Å²) in [6.45, 7) is 0. The fourth-order valence-corrected chi connectivity index (χ4v) is 4.52. The number of Topliss-reactive ketones (excluding diaryl/α,β-unsaturated/α-hetero) is 1. The van der Waals surface area contributed by atoms with Crippen molar-refractivity contribution < 1.29 is 26.4 Å². The second kappa shape index (κ2) is 9.70. The van der Waals surface area contributed by atoms with E-state index in [1.54, 1.807) is 30.6 Å². The Morgan fingerprint density at radius 3 is 2.38 bits per heavy atom. The van der Waals surface area contributed by atoms with Gasteiger partial charge < -0.3 is 0 Å². The summed E-state index contributed by atoms with van der Waals surface area (Å²) in [6.07, 6.45) is -0.268. The van der Waals surface area contributed by atoms with E-state index in [-0.39, 0.29) is 22.9 Å². The van der Waals surface area contributed by atoms with E-state index in [2.05, 4.69) is 9.71 Å². The van der Waals surface area contributed by atoms with Gasteiger partial charge in [-0.1, -0.05) is 29.8 Å². The van der Waals surface area contributed by atoms with Crippen LogP contribution in [-0.4, -0.2) is 19.2 Å². The quantitative estimate of drug-likeness (QED) is 0.472. The van der Waals surface area contributed by atoms with E-state index >= 15 is 0 Å². The Morgan fingerprint density at radius 1 is 1.03 bits per heavy atom. The third kappa shape index (κ3) is 6.30. The molecule has 0 radical (unpaired) electrons. The fraction of sp³-hybridized carbons (Fsp3) is 0.182. The number of hydrogen-bond acceptors (Lipinski definition) is 4. The Balaban J connectivity index is 1.65. The number of aromatic nitrogens is 1. The van der Waals surface area contributed by atoms with Gasteiger partial charge in [0.1, 0.15) is 10.7 Å². The van der Waals surface area contributed by atoms with Crippen LogP contribution in [0.15, 0.2) is 71.9 Å². The molecule has 10 heteroatoms. The lowest BCUT2D eigenvalue weighted by Gasteiger charge is -2.13. The maximum absolute atomic E-state index is 12.9. The minimum Gasteiger partial charge on any atom is -0.299 e. The predicted molar refractivity (Wildman–Crippen MR) is 115 cm³/mol. The zero-order valence-corrected chi connectivity index (χ0v) is 18.1. The number of hydrogen-bond donors (Lipinski definition) is 1. The maximum atomic E-state index is 12.9. The number of carbonyl (C=O) groups is 1. The topological polar surface area (TPSA) is 76.1 Å². The number of aryl methyl sites for hydroxylation is 1. The molecule has 0 aliphatic carbocycles. The minimum absolute atomic E-state index is 0.0120. The van der Waals surface area contributed by atoms with Crippen LogP contribution in [0.5, 0.6) is 0 Å². The van der Waals surface area contributed by atoms with Gasteiger partial charge in [0.25, 0.3) is 10.0 Å². The van der Waals surface area contributed by atoms with E-state index in [9.17, 15) is 26.4 Å². The number of halogens is 4. The van der Waals surface area contributed by atoms with Crippen molar-refractivity contribution in [3.8, 4) is 0 Å². The largest absolute Gasteiger partial charge is 0.416 e. The Hall–Kier alpha value is -2.91.